The Morgan fingerprint density at radius 3 is 1.24 bits per heavy atom. The van der Waals surface area contributed by atoms with Crippen LogP contribution in [-0.2, 0) is 0 Å². The molecule has 16 aromatic carbocycles. The second-order valence-corrected chi connectivity index (χ2v) is 27.9. The molecule has 9 aromatic heterocycles. The van der Waals surface area contributed by atoms with E-state index in [2.05, 4.69) is 332 Å². The van der Waals surface area contributed by atoms with Crippen LogP contribution in [0, 0.1) is 0 Å². The van der Waals surface area contributed by atoms with Crippen molar-refractivity contribution >= 4 is 196 Å². The van der Waals surface area contributed by atoms with Crippen LogP contribution in [0.25, 0.3) is 236 Å². The minimum absolute atomic E-state index is 0.616. The number of para-hydroxylation sites is 6. The topological polar surface area (TPSA) is 75.2 Å². The first kappa shape index (κ1) is 54.0. The third-order valence-electron chi connectivity index (χ3n) is 22.9. The molecule has 0 atom stereocenters. The van der Waals surface area contributed by atoms with Gasteiger partial charge in [-0.15, -0.1) is 0 Å². The van der Waals surface area contributed by atoms with Gasteiger partial charge in [0.15, 0.2) is 11.6 Å². The quantitative estimate of drug-likeness (QED) is 0.172. The van der Waals surface area contributed by atoms with Crippen molar-refractivity contribution in [2.75, 3.05) is 0 Å². The number of hydrogen-bond donors (Lipinski definition) is 0. The highest BCUT2D eigenvalue weighted by Crippen LogP contribution is 2.52. The predicted octanol–water partition coefficient (Wildman–Crippen LogP) is 24.0. The molecule has 0 fully saturated rings. The Morgan fingerprint density at radius 2 is 0.621 bits per heavy atom. The van der Waals surface area contributed by atoms with Crippen molar-refractivity contribution in [2.45, 2.75) is 0 Å². The van der Waals surface area contributed by atoms with Gasteiger partial charge < -0.3 is 8.80 Å². The van der Waals surface area contributed by atoms with Crippen LogP contribution in [0.3, 0.4) is 0 Å². The van der Waals surface area contributed by atoms with E-state index >= 15 is 0 Å². The number of aromatic nitrogens is 9. The van der Waals surface area contributed by atoms with Gasteiger partial charge in [-0.05, 0) is 118 Å². The molecule has 0 saturated carbocycles. The van der Waals surface area contributed by atoms with Crippen LogP contribution in [0.2, 0.25) is 0 Å². The summed E-state index contributed by atoms with van der Waals surface area (Å²) in [6.45, 7) is 0. The van der Waals surface area contributed by atoms with Crippen molar-refractivity contribution in [3.63, 3.8) is 0 Å². The van der Waals surface area contributed by atoms with Gasteiger partial charge in [-0.1, -0.05) is 224 Å². The van der Waals surface area contributed by atoms with E-state index in [1.807, 2.05) is 0 Å². The summed E-state index contributed by atoms with van der Waals surface area (Å²) in [6, 6.07) is 113. The van der Waals surface area contributed by atoms with Crippen LogP contribution in [0.4, 0.5) is 0 Å². The summed E-state index contributed by atoms with van der Waals surface area (Å²) in [4.78, 5) is 22.8. The second kappa shape index (κ2) is 19.5. The van der Waals surface area contributed by atoms with E-state index in [1.165, 1.54) is 103 Å². The fourth-order valence-corrected chi connectivity index (χ4v) is 18.7. The third kappa shape index (κ3) is 6.90. The Kier molecular flexibility index (Phi) is 10.2. The molecule has 9 heterocycles. The molecule has 0 bridgehead atoms. The lowest BCUT2D eigenvalue weighted by Gasteiger charge is -2.15. The smallest absolute Gasteiger partial charge is 0.237 e. The lowest BCUT2D eigenvalue weighted by molar-refractivity contribution is 0.974. The van der Waals surface area contributed by atoms with Gasteiger partial charge in [0.2, 0.25) is 5.95 Å². The first-order valence-corrected chi connectivity index (χ1v) is 35.3. The predicted molar refractivity (Wildman–Crippen MR) is 428 cm³/mol. The Bertz CT molecular complexity index is 8140. The highest BCUT2D eigenvalue weighted by Gasteiger charge is 2.31. The van der Waals surface area contributed by atoms with Crippen molar-refractivity contribution in [3.8, 4) is 40.1 Å². The summed E-state index contributed by atoms with van der Waals surface area (Å²) in [7, 11) is 0. The monoisotopic (exact) mass is 1310 g/mol. The number of benzene rings is 16. The summed E-state index contributed by atoms with van der Waals surface area (Å²) in [5.74, 6) is 2.94. The standard InChI is InChI=1S/C94H51N9/c1-4-25-58-52(20-1)42-47-81-82(58)66-31-10-18-39-79(66)101(81)94-96-75-35-14-8-30-65(75)93(98-94)103-86-60-27-6-3-22-54(60)41-45-63(86)72-51-73-69-49-56(43-46-80(69)100-78-38-17-12-33-68(78)84(88(73)100)90(72)103)55-23-19-24-57(48-55)91-95-74-34-13-7-29-64(74)92(97-91)102-85-59-26-5-2-21-53(59)40-44-62(85)71-50-70-61-28-9-15-36-76(61)99-77-37-16-11-32-67(77)83(87(70)99)89(71)102/h1-51H. The number of hydrogen-bond acceptors (Lipinski definition) is 4. The van der Waals surface area contributed by atoms with E-state index < -0.39 is 0 Å². The molecule has 0 spiro atoms. The molecule has 0 radical (unpaired) electrons. The molecular formula is C94H51N9. The normalized spacial score (nSPS) is 12.7. The molecule has 9 nitrogen and oxygen atoms in total. The van der Waals surface area contributed by atoms with Crippen LogP contribution in [0.5, 0.6) is 0 Å². The highest BCUT2D eigenvalue weighted by molar-refractivity contribution is 6.38. The maximum absolute atomic E-state index is 5.92. The molecule has 472 valence electrons. The molecule has 0 saturated heterocycles. The summed E-state index contributed by atoms with van der Waals surface area (Å²) >= 11 is 0. The molecule has 0 aliphatic heterocycles. The average Bonchev–Trinajstić information content (AvgIpc) is 1.52. The Morgan fingerprint density at radius 1 is 0.194 bits per heavy atom. The van der Waals surface area contributed by atoms with Gasteiger partial charge >= 0.3 is 0 Å². The Hall–Kier alpha value is -14.0. The Balaban J connectivity index is 0.722. The molecule has 0 unspecified atom stereocenters. The van der Waals surface area contributed by atoms with E-state index in [9.17, 15) is 0 Å². The Labute approximate surface area is 584 Å². The zero-order valence-electron chi connectivity index (χ0n) is 55.0. The van der Waals surface area contributed by atoms with Crippen LogP contribution < -0.4 is 0 Å². The van der Waals surface area contributed by atoms with E-state index in [0.717, 1.165) is 121 Å². The SMILES string of the molecule is c1cc(-c2ccc3c(c2)c2cc4c5ccc6ccccc6c5n(-c5nc(-n6c7ccccc7c7c8ccccc8ccc76)nc6ccccc56)c4c4c5ccccc5n3c24)cc(-c2nc(-n3c4c5ccccc5ccc4c4cc5c6ccccc6n6c7ccccc7c(c43)c56)c3ccccc3n2)c1. The van der Waals surface area contributed by atoms with E-state index in [4.69, 9.17) is 19.9 Å². The molecule has 25 aromatic rings. The fraction of sp³-hybridized carbons (Fsp3) is 0. The van der Waals surface area contributed by atoms with Gasteiger partial charge in [0.25, 0.3) is 0 Å². The van der Waals surface area contributed by atoms with E-state index in [0.29, 0.717) is 11.8 Å². The lowest BCUT2D eigenvalue weighted by atomic mass is 9.98. The summed E-state index contributed by atoms with van der Waals surface area (Å²) in [5, 5.41) is 25.7. The van der Waals surface area contributed by atoms with Gasteiger partial charge in [0, 0.05) is 103 Å². The van der Waals surface area contributed by atoms with Crippen LogP contribution in [0.1, 0.15) is 0 Å². The van der Waals surface area contributed by atoms with E-state index in [1.54, 1.807) is 0 Å². The maximum Gasteiger partial charge on any atom is 0.237 e. The molecule has 9 heteroatoms. The van der Waals surface area contributed by atoms with Crippen molar-refractivity contribution in [1.29, 1.82) is 0 Å². The van der Waals surface area contributed by atoms with Crippen LogP contribution in [0.15, 0.2) is 309 Å². The first-order valence-electron chi connectivity index (χ1n) is 35.3. The minimum Gasteiger partial charge on any atom is -0.308 e. The van der Waals surface area contributed by atoms with Crippen molar-refractivity contribution < 1.29 is 0 Å². The molecule has 25 rings (SSSR count). The molecule has 0 aliphatic carbocycles. The maximum atomic E-state index is 5.92. The van der Waals surface area contributed by atoms with Gasteiger partial charge in [-0.25, -0.2) is 15.0 Å². The molecule has 0 amide bonds. The third-order valence-corrected chi connectivity index (χ3v) is 22.9. The summed E-state index contributed by atoms with van der Waals surface area (Å²) in [5.41, 5.74) is 18.5. The lowest BCUT2D eigenvalue weighted by Crippen LogP contribution is -2.07. The van der Waals surface area contributed by atoms with Crippen LogP contribution in [-0.4, -0.2) is 42.4 Å². The second-order valence-electron chi connectivity index (χ2n) is 27.9. The van der Waals surface area contributed by atoms with Gasteiger partial charge in [0.05, 0.1) is 77.2 Å². The van der Waals surface area contributed by atoms with Crippen molar-refractivity contribution in [2.24, 2.45) is 0 Å². The molecule has 103 heavy (non-hydrogen) atoms. The van der Waals surface area contributed by atoms with Crippen molar-refractivity contribution in [1.82, 2.24) is 42.4 Å². The highest BCUT2D eigenvalue weighted by atomic mass is 15.2. The average molecular weight is 1310 g/mol. The molecular weight excluding hydrogens is 1260 g/mol. The zero-order valence-corrected chi connectivity index (χ0v) is 55.0. The number of fused-ring (bicyclic) bond motifs is 31. The van der Waals surface area contributed by atoms with Crippen LogP contribution >= 0.6 is 0 Å². The summed E-state index contributed by atoms with van der Waals surface area (Å²) < 4.78 is 12.3. The molecule has 0 aliphatic rings. The number of nitrogens with zero attached hydrogens (tertiary/aromatic N) is 9. The fourth-order valence-electron chi connectivity index (χ4n) is 18.7. The van der Waals surface area contributed by atoms with Crippen molar-refractivity contribution in [3.05, 3.63) is 309 Å². The summed E-state index contributed by atoms with van der Waals surface area (Å²) in [6.07, 6.45) is 0. The zero-order chi connectivity index (χ0) is 66.6. The minimum atomic E-state index is 0.616. The largest absolute Gasteiger partial charge is 0.308 e. The van der Waals surface area contributed by atoms with Gasteiger partial charge in [-0.2, -0.15) is 4.98 Å². The molecule has 0 N–H and O–H groups in total. The van der Waals surface area contributed by atoms with E-state index in [-0.39, 0.29) is 0 Å². The van der Waals surface area contributed by atoms with Gasteiger partial charge in [0.1, 0.15) is 5.82 Å². The first-order chi connectivity index (χ1) is 51.1. The van der Waals surface area contributed by atoms with Gasteiger partial charge in [-0.3, -0.25) is 13.7 Å². The number of rotatable bonds is 5.